The molecule has 1 atom stereocenters. The number of carbonyl (C=O) groups is 2. The number of nitrogens with zero attached hydrogens (tertiary/aromatic N) is 1. The van der Waals surface area contributed by atoms with Crippen molar-refractivity contribution in [3.8, 4) is 28.5 Å². The molecule has 0 aliphatic carbocycles. The lowest BCUT2D eigenvalue weighted by molar-refractivity contribution is -0.139. The number of ketones is 2. The van der Waals surface area contributed by atoms with E-state index in [1.165, 1.54) is 44.6 Å². The average molecular weight is 551 g/mol. The lowest BCUT2D eigenvalue weighted by atomic mass is 9.93. The van der Waals surface area contributed by atoms with Gasteiger partial charge in [0.1, 0.15) is 29.6 Å². The van der Waals surface area contributed by atoms with Crippen molar-refractivity contribution in [1.29, 1.82) is 0 Å². The quantitative estimate of drug-likeness (QED) is 0.252. The van der Waals surface area contributed by atoms with Crippen LogP contribution in [0.4, 0.5) is 17.6 Å². The normalized spacial score (nSPS) is 12.1. The fraction of sp³-hybridized carbons (Fsp3) is 0.296. The zero-order valence-electron chi connectivity index (χ0n) is 20.9. The predicted octanol–water partition coefficient (Wildman–Crippen LogP) is 4.36. The molecule has 0 unspecified atom stereocenters. The number of aromatic nitrogens is 1. The number of benzene rings is 2. The Morgan fingerprint density at radius 1 is 0.949 bits per heavy atom. The first-order valence-corrected chi connectivity index (χ1v) is 11.6. The maximum absolute atomic E-state index is 13.8. The average Bonchev–Trinajstić information content (AvgIpc) is 2.93. The van der Waals surface area contributed by atoms with Gasteiger partial charge in [-0.2, -0.15) is 13.2 Å². The molecule has 208 valence electrons. The Bertz CT molecular complexity index is 1340. The third-order valence-corrected chi connectivity index (χ3v) is 5.73. The molecule has 0 bridgehead atoms. The van der Waals surface area contributed by atoms with Gasteiger partial charge < -0.3 is 24.4 Å². The van der Waals surface area contributed by atoms with E-state index in [9.17, 15) is 32.3 Å². The van der Waals surface area contributed by atoms with Gasteiger partial charge in [-0.3, -0.25) is 9.59 Å². The van der Waals surface area contributed by atoms with Gasteiger partial charge in [0.15, 0.2) is 23.1 Å². The van der Waals surface area contributed by atoms with Crippen molar-refractivity contribution in [2.75, 3.05) is 34.0 Å². The number of rotatable bonds is 12. The topological polar surface area (TPSA) is 115 Å². The highest BCUT2D eigenvalue weighted by Gasteiger charge is 2.35. The SMILES string of the molecule is COc1cc(C(=O)C[C@@H](CO)C(=O)c2ccc(OC)c(-c3ccc(F)c(C(F)(F)F)c3)n2)ccc1OCCO. The maximum Gasteiger partial charge on any atom is 0.419 e. The highest BCUT2D eigenvalue weighted by molar-refractivity contribution is 6.03. The monoisotopic (exact) mass is 551 g/mol. The van der Waals surface area contributed by atoms with Gasteiger partial charge in [0.25, 0.3) is 0 Å². The summed E-state index contributed by atoms with van der Waals surface area (Å²) in [6.07, 6.45) is -5.37. The summed E-state index contributed by atoms with van der Waals surface area (Å²) in [4.78, 5) is 30.2. The van der Waals surface area contributed by atoms with Crippen molar-refractivity contribution in [3.05, 3.63) is 71.2 Å². The fourth-order valence-electron chi connectivity index (χ4n) is 3.75. The minimum Gasteiger partial charge on any atom is -0.494 e. The van der Waals surface area contributed by atoms with E-state index in [-0.39, 0.29) is 47.2 Å². The second-order valence-corrected chi connectivity index (χ2v) is 8.25. The van der Waals surface area contributed by atoms with E-state index in [0.717, 1.165) is 6.07 Å². The van der Waals surface area contributed by atoms with Gasteiger partial charge in [0, 0.05) is 17.5 Å². The molecule has 0 fully saturated rings. The van der Waals surface area contributed by atoms with E-state index in [2.05, 4.69) is 4.98 Å². The molecule has 1 heterocycles. The van der Waals surface area contributed by atoms with Crippen molar-refractivity contribution in [2.45, 2.75) is 12.6 Å². The van der Waals surface area contributed by atoms with E-state index < -0.39 is 48.1 Å². The summed E-state index contributed by atoms with van der Waals surface area (Å²) in [5.74, 6) is -3.39. The van der Waals surface area contributed by atoms with Crippen LogP contribution in [0.5, 0.6) is 17.2 Å². The second kappa shape index (κ2) is 12.7. The molecule has 0 aliphatic rings. The van der Waals surface area contributed by atoms with Crippen LogP contribution in [-0.4, -0.2) is 60.8 Å². The lowest BCUT2D eigenvalue weighted by Crippen LogP contribution is -2.23. The molecule has 1 aromatic heterocycles. The summed E-state index contributed by atoms with van der Waals surface area (Å²) in [6.45, 7) is -0.926. The van der Waals surface area contributed by atoms with Crippen LogP contribution in [-0.2, 0) is 6.18 Å². The summed E-state index contributed by atoms with van der Waals surface area (Å²) >= 11 is 0. The highest BCUT2D eigenvalue weighted by atomic mass is 19.4. The smallest absolute Gasteiger partial charge is 0.419 e. The van der Waals surface area contributed by atoms with Gasteiger partial charge in [-0.25, -0.2) is 9.37 Å². The second-order valence-electron chi connectivity index (χ2n) is 8.25. The number of methoxy groups -OCH3 is 2. The first-order chi connectivity index (χ1) is 18.5. The van der Waals surface area contributed by atoms with Gasteiger partial charge in [0.05, 0.1) is 38.9 Å². The van der Waals surface area contributed by atoms with Crippen LogP contribution in [0.3, 0.4) is 0 Å². The van der Waals surface area contributed by atoms with Gasteiger partial charge in [-0.15, -0.1) is 0 Å². The third-order valence-electron chi connectivity index (χ3n) is 5.73. The third kappa shape index (κ3) is 6.89. The number of Topliss-reactive ketones (excluding diaryl/α,β-unsaturated/α-hetero) is 2. The maximum atomic E-state index is 13.8. The summed E-state index contributed by atoms with van der Waals surface area (Å²) in [5.41, 5.74) is -1.88. The van der Waals surface area contributed by atoms with Crippen molar-refractivity contribution >= 4 is 11.6 Å². The first kappa shape index (κ1) is 29.5. The van der Waals surface area contributed by atoms with Crippen LogP contribution in [0.1, 0.15) is 32.8 Å². The Kier molecular flexibility index (Phi) is 9.60. The minimum atomic E-state index is -4.96. The van der Waals surface area contributed by atoms with Gasteiger partial charge >= 0.3 is 6.18 Å². The van der Waals surface area contributed by atoms with Crippen LogP contribution in [0.25, 0.3) is 11.3 Å². The molecule has 0 saturated carbocycles. The van der Waals surface area contributed by atoms with Crippen molar-refractivity contribution in [2.24, 2.45) is 5.92 Å². The molecular weight excluding hydrogens is 526 g/mol. The molecular formula is C27H25F4NO7. The van der Waals surface area contributed by atoms with Crippen molar-refractivity contribution in [3.63, 3.8) is 0 Å². The number of alkyl halides is 3. The molecule has 3 rings (SSSR count). The van der Waals surface area contributed by atoms with Crippen LogP contribution in [0.15, 0.2) is 48.5 Å². The predicted molar refractivity (Wildman–Crippen MR) is 131 cm³/mol. The van der Waals surface area contributed by atoms with Crippen molar-refractivity contribution in [1.82, 2.24) is 4.98 Å². The molecule has 39 heavy (non-hydrogen) atoms. The standard InChI is InChI=1S/C27H25F4NO7/c1-37-23-8-6-20(32-25(23)16-3-5-19(28)18(11-16)27(29,30)31)26(36)17(14-34)12-21(35)15-4-7-22(39-10-9-33)24(13-15)38-2/h3-8,11,13,17,33-34H,9-10,12,14H2,1-2H3/t17-/m0/s1. The summed E-state index contributed by atoms with van der Waals surface area (Å²) in [5, 5.41) is 18.8. The van der Waals surface area contributed by atoms with Crippen LogP contribution >= 0.6 is 0 Å². The molecule has 8 nitrogen and oxygen atoms in total. The highest BCUT2D eigenvalue weighted by Crippen LogP contribution is 2.36. The number of pyridine rings is 1. The van der Waals surface area contributed by atoms with Crippen LogP contribution in [0, 0.1) is 11.7 Å². The van der Waals surface area contributed by atoms with Gasteiger partial charge in [-0.05, 0) is 48.5 Å². The molecule has 0 amide bonds. The summed E-state index contributed by atoms with van der Waals surface area (Å²) in [6, 6.07) is 9.11. The Balaban J connectivity index is 1.89. The lowest BCUT2D eigenvalue weighted by Gasteiger charge is -2.16. The summed E-state index contributed by atoms with van der Waals surface area (Å²) < 4.78 is 69.2. The molecule has 0 saturated heterocycles. The Morgan fingerprint density at radius 3 is 2.26 bits per heavy atom. The van der Waals surface area contributed by atoms with Gasteiger partial charge in [0.2, 0.25) is 0 Å². The Labute approximate surface area is 220 Å². The molecule has 12 heteroatoms. The zero-order chi connectivity index (χ0) is 28.7. The number of hydrogen-bond donors (Lipinski definition) is 2. The van der Waals surface area contributed by atoms with Gasteiger partial charge in [-0.1, -0.05) is 0 Å². The molecule has 3 aromatic rings. The number of hydrogen-bond acceptors (Lipinski definition) is 8. The van der Waals surface area contributed by atoms with E-state index in [4.69, 9.17) is 19.3 Å². The number of ether oxygens (including phenoxy) is 3. The van der Waals surface area contributed by atoms with Crippen LogP contribution in [0.2, 0.25) is 0 Å². The molecule has 0 radical (unpaired) electrons. The Morgan fingerprint density at radius 2 is 1.64 bits per heavy atom. The number of halogens is 4. The zero-order valence-corrected chi connectivity index (χ0v) is 20.9. The largest absolute Gasteiger partial charge is 0.494 e. The molecule has 0 aliphatic heterocycles. The van der Waals surface area contributed by atoms with Crippen LogP contribution < -0.4 is 14.2 Å². The van der Waals surface area contributed by atoms with E-state index in [1.54, 1.807) is 0 Å². The van der Waals surface area contributed by atoms with Crippen molar-refractivity contribution < 1.29 is 51.6 Å². The van der Waals surface area contributed by atoms with E-state index in [0.29, 0.717) is 17.9 Å². The summed E-state index contributed by atoms with van der Waals surface area (Å²) in [7, 11) is 2.61. The number of carbonyl (C=O) groups excluding carboxylic acids is 2. The fourth-order valence-corrected chi connectivity index (χ4v) is 3.75. The number of aliphatic hydroxyl groups excluding tert-OH is 2. The van der Waals surface area contributed by atoms with E-state index >= 15 is 0 Å². The minimum absolute atomic E-state index is 0.0109. The Hall–Kier alpha value is -4.03. The molecule has 2 aromatic carbocycles. The molecule has 0 spiro atoms. The van der Waals surface area contributed by atoms with E-state index in [1.807, 2.05) is 0 Å². The number of aliphatic hydroxyl groups is 2. The molecule has 2 N–H and O–H groups in total. The first-order valence-electron chi connectivity index (χ1n) is 11.6.